The van der Waals surface area contributed by atoms with Gasteiger partial charge in [-0.25, -0.2) is 4.79 Å². The SMILES string of the molecule is CCCCCc1cc(O)c2c3c(C(=O)OC)cccc3n(Cc3ccc4ccccc4c3)c2c1. The van der Waals surface area contributed by atoms with Gasteiger partial charge in [0.2, 0.25) is 0 Å². The first kappa shape index (κ1) is 22.0. The molecular formula is C30H29NO3. The van der Waals surface area contributed by atoms with Gasteiger partial charge in [0, 0.05) is 11.9 Å². The number of phenolic OH excluding ortho intramolecular Hbond substituents is 1. The number of hydrogen-bond acceptors (Lipinski definition) is 3. The van der Waals surface area contributed by atoms with E-state index in [0.29, 0.717) is 17.5 Å². The average molecular weight is 452 g/mol. The molecule has 1 heterocycles. The summed E-state index contributed by atoms with van der Waals surface area (Å²) in [7, 11) is 1.39. The Balaban J connectivity index is 1.73. The summed E-state index contributed by atoms with van der Waals surface area (Å²) >= 11 is 0. The number of rotatable bonds is 7. The van der Waals surface area contributed by atoms with Crippen molar-refractivity contribution in [3.8, 4) is 5.75 Å². The molecule has 0 spiro atoms. The molecule has 4 heteroatoms. The number of methoxy groups -OCH3 is 1. The van der Waals surface area contributed by atoms with Crippen LogP contribution in [0.1, 0.15) is 47.7 Å². The van der Waals surface area contributed by atoms with E-state index in [1.807, 2.05) is 24.3 Å². The lowest BCUT2D eigenvalue weighted by atomic mass is 10.0. The number of benzene rings is 4. The number of aromatic nitrogens is 1. The van der Waals surface area contributed by atoms with Crippen LogP contribution in [-0.2, 0) is 17.7 Å². The van der Waals surface area contributed by atoms with Gasteiger partial charge in [-0.3, -0.25) is 0 Å². The van der Waals surface area contributed by atoms with Crippen LogP contribution in [0.25, 0.3) is 32.6 Å². The maximum atomic E-state index is 12.6. The van der Waals surface area contributed by atoms with E-state index in [9.17, 15) is 9.90 Å². The number of carbonyl (C=O) groups excluding carboxylic acids is 1. The Bertz CT molecular complexity index is 1510. The number of aryl methyl sites for hydroxylation is 1. The second-order valence-corrected chi connectivity index (χ2v) is 8.93. The van der Waals surface area contributed by atoms with Crippen LogP contribution in [0.4, 0.5) is 0 Å². The molecule has 4 nitrogen and oxygen atoms in total. The van der Waals surface area contributed by atoms with Crippen molar-refractivity contribution in [2.75, 3.05) is 7.11 Å². The monoisotopic (exact) mass is 451 g/mol. The molecule has 172 valence electrons. The molecule has 0 radical (unpaired) electrons. The summed E-state index contributed by atoms with van der Waals surface area (Å²) in [4.78, 5) is 12.6. The van der Waals surface area contributed by atoms with E-state index < -0.39 is 5.97 Å². The average Bonchev–Trinajstić information content (AvgIpc) is 3.17. The molecule has 0 saturated heterocycles. The minimum Gasteiger partial charge on any atom is -0.507 e. The highest BCUT2D eigenvalue weighted by atomic mass is 16.5. The topological polar surface area (TPSA) is 51.5 Å². The number of fused-ring (bicyclic) bond motifs is 4. The summed E-state index contributed by atoms with van der Waals surface area (Å²) in [5.41, 5.74) is 4.59. The van der Waals surface area contributed by atoms with Gasteiger partial charge in [-0.1, -0.05) is 62.2 Å². The van der Waals surface area contributed by atoms with Gasteiger partial charge in [-0.05, 0) is 65.1 Å². The fourth-order valence-corrected chi connectivity index (χ4v) is 4.99. The minimum atomic E-state index is -0.401. The van der Waals surface area contributed by atoms with Crippen molar-refractivity contribution in [2.45, 2.75) is 39.2 Å². The zero-order valence-electron chi connectivity index (χ0n) is 19.7. The predicted octanol–water partition coefficient (Wildman–Crippen LogP) is 7.22. The Hall–Kier alpha value is -3.79. The lowest BCUT2D eigenvalue weighted by Crippen LogP contribution is -2.03. The van der Waals surface area contributed by atoms with E-state index >= 15 is 0 Å². The summed E-state index contributed by atoms with van der Waals surface area (Å²) < 4.78 is 7.28. The van der Waals surface area contributed by atoms with Gasteiger partial charge in [-0.2, -0.15) is 0 Å². The number of aromatic hydroxyl groups is 1. The second kappa shape index (κ2) is 9.22. The smallest absolute Gasteiger partial charge is 0.338 e. The Labute approximate surface area is 199 Å². The van der Waals surface area contributed by atoms with E-state index in [4.69, 9.17) is 4.74 Å². The molecule has 0 aliphatic carbocycles. The number of nitrogens with zero attached hydrogens (tertiary/aromatic N) is 1. The van der Waals surface area contributed by atoms with Crippen LogP contribution in [0.3, 0.4) is 0 Å². The highest BCUT2D eigenvalue weighted by Crippen LogP contribution is 2.39. The molecule has 1 N–H and O–H groups in total. The summed E-state index contributed by atoms with van der Waals surface area (Å²) in [6, 6.07) is 24.5. The molecule has 5 aromatic rings. The predicted molar refractivity (Wildman–Crippen MR) is 139 cm³/mol. The van der Waals surface area contributed by atoms with Crippen LogP contribution in [0.5, 0.6) is 5.75 Å². The van der Waals surface area contributed by atoms with E-state index in [1.54, 1.807) is 6.07 Å². The highest BCUT2D eigenvalue weighted by molar-refractivity contribution is 6.19. The number of carbonyl (C=O) groups is 1. The van der Waals surface area contributed by atoms with Gasteiger partial charge in [0.05, 0.1) is 29.1 Å². The van der Waals surface area contributed by atoms with E-state index in [2.05, 4.69) is 54.0 Å². The van der Waals surface area contributed by atoms with Gasteiger partial charge < -0.3 is 14.4 Å². The van der Waals surface area contributed by atoms with Crippen molar-refractivity contribution in [1.82, 2.24) is 4.57 Å². The summed E-state index contributed by atoms with van der Waals surface area (Å²) in [5.74, 6) is -0.190. The molecule has 0 aliphatic rings. The van der Waals surface area contributed by atoms with E-state index in [0.717, 1.165) is 53.2 Å². The van der Waals surface area contributed by atoms with Crippen molar-refractivity contribution >= 4 is 38.5 Å². The first-order valence-electron chi connectivity index (χ1n) is 11.9. The second-order valence-electron chi connectivity index (χ2n) is 8.93. The molecule has 0 atom stereocenters. The summed E-state index contributed by atoms with van der Waals surface area (Å²) in [6.07, 6.45) is 4.31. The molecule has 0 saturated carbocycles. The van der Waals surface area contributed by atoms with Crippen LogP contribution in [0.15, 0.2) is 72.8 Å². The van der Waals surface area contributed by atoms with Gasteiger partial charge in [-0.15, -0.1) is 0 Å². The maximum Gasteiger partial charge on any atom is 0.338 e. The number of ether oxygens (including phenoxy) is 1. The van der Waals surface area contributed by atoms with Crippen molar-refractivity contribution in [3.05, 3.63) is 89.5 Å². The molecule has 0 unspecified atom stereocenters. The highest BCUT2D eigenvalue weighted by Gasteiger charge is 2.21. The summed E-state index contributed by atoms with van der Waals surface area (Å²) in [5, 5.41) is 15.0. The minimum absolute atomic E-state index is 0.211. The van der Waals surface area contributed by atoms with Crippen LogP contribution in [0.2, 0.25) is 0 Å². The molecule has 34 heavy (non-hydrogen) atoms. The zero-order valence-corrected chi connectivity index (χ0v) is 19.7. The molecule has 0 aliphatic heterocycles. The lowest BCUT2D eigenvalue weighted by Gasteiger charge is -2.11. The van der Waals surface area contributed by atoms with Gasteiger partial charge >= 0.3 is 5.97 Å². The fourth-order valence-electron chi connectivity index (χ4n) is 4.99. The molecule has 5 rings (SSSR count). The first-order chi connectivity index (χ1) is 16.6. The van der Waals surface area contributed by atoms with Crippen LogP contribution < -0.4 is 0 Å². The van der Waals surface area contributed by atoms with Gasteiger partial charge in [0.1, 0.15) is 5.75 Å². The quantitative estimate of drug-likeness (QED) is 0.210. The van der Waals surface area contributed by atoms with Crippen molar-refractivity contribution in [1.29, 1.82) is 0 Å². The third kappa shape index (κ3) is 3.90. The van der Waals surface area contributed by atoms with Crippen molar-refractivity contribution in [2.24, 2.45) is 0 Å². The third-order valence-electron chi connectivity index (χ3n) is 6.66. The number of phenols is 1. The number of unbranched alkanes of at least 4 members (excludes halogenated alkanes) is 2. The van der Waals surface area contributed by atoms with E-state index in [1.165, 1.54) is 17.9 Å². The molecular weight excluding hydrogens is 422 g/mol. The van der Waals surface area contributed by atoms with Crippen LogP contribution >= 0.6 is 0 Å². The van der Waals surface area contributed by atoms with Gasteiger partial charge in [0.15, 0.2) is 0 Å². The maximum absolute atomic E-state index is 12.6. The Morgan fingerprint density at radius 1 is 0.853 bits per heavy atom. The van der Waals surface area contributed by atoms with Crippen molar-refractivity contribution in [3.63, 3.8) is 0 Å². The number of esters is 1. The molecule has 0 amide bonds. The van der Waals surface area contributed by atoms with Crippen molar-refractivity contribution < 1.29 is 14.6 Å². The third-order valence-corrected chi connectivity index (χ3v) is 6.66. The number of hydrogen-bond donors (Lipinski definition) is 1. The first-order valence-corrected chi connectivity index (χ1v) is 11.9. The standard InChI is InChI=1S/C30H29NO3/c1-3-4-5-9-20-17-26-29(27(32)18-20)28-24(30(33)34-2)12-8-13-25(28)31(26)19-21-14-15-22-10-6-7-11-23(22)16-21/h6-8,10-18,32H,3-5,9,19H2,1-2H3. The zero-order chi connectivity index (χ0) is 23.7. The Morgan fingerprint density at radius 2 is 1.68 bits per heavy atom. The largest absolute Gasteiger partial charge is 0.507 e. The molecule has 0 bridgehead atoms. The molecule has 4 aromatic carbocycles. The van der Waals surface area contributed by atoms with E-state index in [-0.39, 0.29) is 5.75 Å². The summed E-state index contributed by atoms with van der Waals surface area (Å²) in [6.45, 7) is 2.82. The van der Waals surface area contributed by atoms with Crippen LogP contribution in [-0.4, -0.2) is 22.8 Å². The van der Waals surface area contributed by atoms with Crippen LogP contribution in [0, 0.1) is 0 Å². The Kier molecular flexibility index (Phi) is 5.97. The normalized spacial score (nSPS) is 11.5. The molecule has 0 fully saturated rings. The molecule has 1 aromatic heterocycles. The Morgan fingerprint density at radius 3 is 2.47 bits per heavy atom. The lowest BCUT2D eigenvalue weighted by molar-refractivity contribution is 0.0603. The van der Waals surface area contributed by atoms with Gasteiger partial charge in [0.25, 0.3) is 0 Å². The fraction of sp³-hybridized carbons (Fsp3) is 0.233.